The van der Waals surface area contributed by atoms with Crippen LogP contribution in [0.5, 0.6) is 0 Å². The Morgan fingerprint density at radius 2 is 0.400 bits per heavy atom. The number of pyridine rings is 8. The predicted octanol–water partition coefficient (Wildman–Crippen LogP) is 14.5. The average molecular weight is 1190 g/mol. The Labute approximate surface area is 490 Å². The van der Waals surface area contributed by atoms with Gasteiger partial charge in [0.05, 0.1) is 39.2 Å². The lowest BCUT2D eigenvalue weighted by atomic mass is 10.5. The molecule has 0 radical (unpaired) electrons. The lowest BCUT2D eigenvalue weighted by Gasteiger charge is -2.07. The minimum absolute atomic E-state index is 0.377. The van der Waals surface area contributed by atoms with Crippen molar-refractivity contribution in [1.82, 2.24) is 79.7 Å². The molecule has 8 bridgehead atoms. The molecule has 0 saturated carbocycles. The Kier molecular flexibility index (Phi) is 15.8. The second-order valence-electron chi connectivity index (χ2n) is 16.4. The molecule has 0 atom stereocenters. The molecule has 0 unspecified atom stereocenters. The fourth-order valence-corrected chi connectivity index (χ4v) is 15.3. The molecule has 2 aliphatic heterocycles. The Balaban J connectivity index is 1.18. The molecular formula is C56H34N16S8. The largest absolute Gasteiger partial charge is 0.323 e. The van der Waals surface area contributed by atoms with Crippen LogP contribution in [0.2, 0.25) is 0 Å². The summed E-state index contributed by atoms with van der Waals surface area (Å²) < 4.78 is 0. The minimum Gasteiger partial charge on any atom is -0.323 e. The quantitative estimate of drug-likeness (QED) is 0.0920. The second kappa shape index (κ2) is 24.4. The predicted molar refractivity (Wildman–Crippen MR) is 320 cm³/mol. The number of aromatic amines is 2. The SMILES string of the molecule is c1ccc(SC2=C(Sc3ccccn3)c3nc2nc2[nH]c(nc4nc(nc5[nH]c(n3)c(Sc3ccccn3)c5Sc3ccccn3)C(Sc3ccccn3)=C4Sc3ccccn3)c(Sc3ccccn3)c2Sc2ccccn2)nc1. The monoisotopic (exact) mass is 1190 g/mol. The first-order chi connectivity index (χ1) is 39.6. The smallest absolute Gasteiger partial charge is 0.172 e. The molecule has 2 aliphatic rings. The lowest BCUT2D eigenvalue weighted by Crippen LogP contribution is -1.89. The van der Waals surface area contributed by atoms with E-state index in [4.69, 9.17) is 69.8 Å². The summed E-state index contributed by atoms with van der Waals surface area (Å²) in [5, 5.41) is 5.84. The summed E-state index contributed by atoms with van der Waals surface area (Å²) in [4.78, 5) is 84.3. The van der Waals surface area contributed by atoms with E-state index in [-0.39, 0.29) is 0 Å². The Morgan fingerprint density at radius 1 is 0.212 bits per heavy atom. The fourth-order valence-electron chi connectivity index (χ4n) is 7.58. The number of rotatable bonds is 16. The highest BCUT2D eigenvalue weighted by atomic mass is 32.2. The van der Waals surface area contributed by atoms with Crippen molar-refractivity contribution in [2.24, 2.45) is 0 Å². The zero-order valence-corrected chi connectivity index (χ0v) is 47.5. The van der Waals surface area contributed by atoms with E-state index in [0.29, 0.717) is 65.5 Å². The summed E-state index contributed by atoms with van der Waals surface area (Å²) in [6.07, 6.45) is 14.2. The number of nitrogens with one attached hydrogen (secondary N) is 2. The molecule has 2 N–H and O–H groups in total. The van der Waals surface area contributed by atoms with E-state index in [9.17, 15) is 0 Å². The van der Waals surface area contributed by atoms with Gasteiger partial charge in [-0.25, -0.2) is 69.8 Å². The van der Waals surface area contributed by atoms with Gasteiger partial charge in [-0.15, -0.1) is 0 Å². The van der Waals surface area contributed by atoms with E-state index in [1.54, 1.807) is 49.6 Å². The van der Waals surface area contributed by atoms with Crippen molar-refractivity contribution in [3.05, 3.63) is 218 Å². The van der Waals surface area contributed by atoms with Crippen molar-refractivity contribution in [2.45, 2.75) is 59.8 Å². The Hall–Kier alpha value is -7.68. The van der Waals surface area contributed by atoms with E-state index in [0.717, 1.165) is 59.8 Å². The Morgan fingerprint density at radius 3 is 0.575 bits per heavy atom. The van der Waals surface area contributed by atoms with E-state index >= 15 is 0 Å². The summed E-state index contributed by atoms with van der Waals surface area (Å²) in [5.74, 6) is 1.51. The lowest BCUT2D eigenvalue weighted by molar-refractivity contribution is 1.10. The molecule has 0 aromatic carbocycles. The molecule has 0 aliphatic carbocycles. The highest BCUT2D eigenvalue weighted by Gasteiger charge is 2.31. The molecule has 11 aromatic heterocycles. The highest BCUT2D eigenvalue weighted by Crippen LogP contribution is 2.51. The van der Waals surface area contributed by atoms with Crippen LogP contribution >= 0.6 is 94.1 Å². The van der Waals surface area contributed by atoms with Crippen molar-refractivity contribution in [3.8, 4) is 0 Å². The van der Waals surface area contributed by atoms with E-state index < -0.39 is 0 Å². The van der Waals surface area contributed by atoms with Crippen LogP contribution in [0.4, 0.5) is 0 Å². The number of thioether (sulfide) groups is 4. The van der Waals surface area contributed by atoms with E-state index in [1.807, 2.05) is 146 Å². The molecule has 0 amide bonds. The van der Waals surface area contributed by atoms with Gasteiger partial charge in [-0.2, -0.15) is 0 Å². The van der Waals surface area contributed by atoms with Crippen molar-refractivity contribution in [3.63, 3.8) is 0 Å². The van der Waals surface area contributed by atoms with Gasteiger partial charge < -0.3 is 9.97 Å². The molecule has 16 nitrogen and oxygen atoms in total. The molecule has 80 heavy (non-hydrogen) atoms. The highest BCUT2D eigenvalue weighted by molar-refractivity contribution is 8.14. The summed E-state index contributed by atoms with van der Waals surface area (Å²) in [6.45, 7) is 0. The number of nitrogens with zero attached hydrogens (tertiary/aromatic N) is 14. The number of hydrogen-bond acceptors (Lipinski definition) is 22. The van der Waals surface area contributed by atoms with Crippen LogP contribution in [0.25, 0.3) is 42.2 Å². The van der Waals surface area contributed by atoms with Gasteiger partial charge in [-0.05, 0) is 97.1 Å². The van der Waals surface area contributed by atoms with Crippen molar-refractivity contribution in [1.29, 1.82) is 0 Å². The van der Waals surface area contributed by atoms with Crippen LogP contribution in [-0.4, -0.2) is 79.7 Å². The van der Waals surface area contributed by atoms with Gasteiger partial charge in [0.2, 0.25) is 0 Å². The third kappa shape index (κ3) is 11.9. The molecule has 386 valence electrons. The van der Waals surface area contributed by atoms with Crippen LogP contribution in [0, 0.1) is 0 Å². The van der Waals surface area contributed by atoms with Crippen LogP contribution in [0.1, 0.15) is 23.3 Å². The van der Waals surface area contributed by atoms with Gasteiger partial charge in [0.15, 0.2) is 23.3 Å². The third-order valence-corrected chi connectivity index (χ3v) is 19.9. The molecule has 13 heterocycles. The summed E-state index contributed by atoms with van der Waals surface area (Å²) >= 11 is 11.6. The van der Waals surface area contributed by atoms with Crippen molar-refractivity contribution in [2.75, 3.05) is 0 Å². The first kappa shape index (κ1) is 51.7. The topological polar surface area (TPSA) is 212 Å². The Bertz CT molecular complexity index is 3690. The van der Waals surface area contributed by atoms with Gasteiger partial charge >= 0.3 is 0 Å². The van der Waals surface area contributed by atoms with Gasteiger partial charge in [-0.1, -0.05) is 143 Å². The standard InChI is InChI=1S/C56H34N16S8/c1-9-25-57-33(17-1)73-41-42(74-34-18-2-10-26-58-34)50-65-49(41)69-51-43(75-35-19-3-11-27-59-35)44(76-36-20-4-12-28-60-36)53(66-51)71-55-47(79-39-23-7-15-31-63-39)48(80-40-24-8-16-32-64-40)56(68-55)72-54-46(78-38-22-6-14-30-62-38)45(52(67-54)70-50)77-37-21-5-13-29-61-37/h1-32H,(H2,65,66,67,68,69,70,71,72). The molecule has 24 heteroatoms. The summed E-state index contributed by atoms with van der Waals surface area (Å²) in [7, 11) is 0. The first-order valence-corrected chi connectivity index (χ1v) is 30.6. The molecule has 0 fully saturated rings. The van der Waals surface area contributed by atoms with Gasteiger partial charge in [0.25, 0.3) is 0 Å². The minimum atomic E-state index is 0.377. The maximum atomic E-state index is 5.54. The van der Waals surface area contributed by atoms with Crippen molar-refractivity contribution < 1.29 is 0 Å². The van der Waals surface area contributed by atoms with Gasteiger partial charge in [0, 0.05) is 49.6 Å². The van der Waals surface area contributed by atoms with E-state index in [1.165, 1.54) is 94.1 Å². The summed E-state index contributed by atoms with van der Waals surface area (Å²) in [6, 6.07) is 46.5. The fraction of sp³-hybridized carbons (Fsp3) is 0. The maximum absolute atomic E-state index is 5.54. The van der Waals surface area contributed by atoms with Crippen molar-refractivity contribution >= 4 is 136 Å². The summed E-state index contributed by atoms with van der Waals surface area (Å²) in [5.41, 5.74) is 1.86. The third-order valence-electron chi connectivity index (χ3n) is 11.0. The molecule has 0 spiro atoms. The maximum Gasteiger partial charge on any atom is 0.172 e. The van der Waals surface area contributed by atoms with Gasteiger partial charge in [-0.3, -0.25) is 0 Å². The number of H-pyrrole nitrogens is 2. The second-order valence-corrected chi connectivity index (χ2v) is 24.6. The number of hydrogen-bond donors (Lipinski definition) is 2. The first-order valence-electron chi connectivity index (χ1n) is 24.1. The molecule has 13 rings (SSSR count). The zero-order chi connectivity index (χ0) is 53.5. The zero-order valence-electron chi connectivity index (χ0n) is 41.0. The van der Waals surface area contributed by atoms with Crippen LogP contribution in [0.3, 0.4) is 0 Å². The average Bonchev–Trinajstić information content (AvgIpc) is 4.22. The van der Waals surface area contributed by atoms with Gasteiger partial charge in [0.1, 0.15) is 62.8 Å². The number of aromatic nitrogens is 16. The molecule has 11 aromatic rings. The molecular weight excluding hydrogens is 1150 g/mol. The van der Waals surface area contributed by atoms with E-state index in [2.05, 4.69) is 9.97 Å². The van der Waals surface area contributed by atoms with Crippen LogP contribution in [0.15, 0.2) is 255 Å². The van der Waals surface area contributed by atoms with Crippen LogP contribution in [-0.2, 0) is 0 Å². The molecule has 0 saturated heterocycles. The normalized spacial score (nSPS) is 12.3. The van der Waals surface area contributed by atoms with Crippen LogP contribution < -0.4 is 0 Å². The number of fused-ring (bicyclic) bond motifs is 8.